The van der Waals surface area contributed by atoms with Crippen LogP contribution in [0.15, 0.2) is 42.9 Å². The summed E-state index contributed by atoms with van der Waals surface area (Å²) in [6.45, 7) is 4.20. The van der Waals surface area contributed by atoms with Gasteiger partial charge < -0.3 is 15.3 Å². The number of hydrogen-bond acceptors (Lipinski definition) is 6. The summed E-state index contributed by atoms with van der Waals surface area (Å²) < 4.78 is 17.3. The first-order chi connectivity index (χ1) is 15.7. The molecule has 0 saturated carbocycles. The highest BCUT2D eigenvalue weighted by Crippen LogP contribution is 2.43. The van der Waals surface area contributed by atoms with E-state index in [1.807, 2.05) is 50.3 Å². The number of nitrogens with one attached hydrogen (secondary N) is 1. The zero-order valence-corrected chi connectivity index (χ0v) is 19.6. The number of alkyl halides is 1. The molecule has 1 aromatic carbocycles. The van der Waals surface area contributed by atoms with Gasteiger partial charge in [-0.25, -0.2) is 9.37 Å². The first-order valence-electron chi connectivity index (χ1n) is 11.5. The van der Waals surface area contributed by atoms with Crippen LogP contribution in [0, 0.1) is 0 Å². The number of halogens is 1. The monoisotopic (exact) mass is 450 g/mol. The number of aromatic hydroxyl groups is 1. The lowest BCUT2D eigenvalue weighted by Crippen LogP contribution is -2.72. The van der Waals surface area contributed by atoms with Gasteiger partial charge in [-0.05, 0) is 57.7 Å². The van der Waals surface area contributed by atoms with Crippen LogP contribution in [0.2, 0.25) is 0 Å². The third-order valence-corrected chi connectivity index (χ3v) is 7.40. The van der Waals surface area contributed by atoms with E-state index in [9.17, 15) is 5.11 Å². The SMILES string of the molecule is CN(c1cnc(-c2ccc(-c3ccn(C)n3)cc2O)cn1)[C@H]1C[C@]2(C)CCC[C@@](C)(N2)[C@H]1F. The molecular weight excluding hydrogens is 419 g/mol. The van der Waals surface area contributed by atoms with Gasteiger partial charge in [-0.15, -0.1) is 0 Å². The van der Waals surface area contributed by atoms with E-state index in [2.05, 4.69) is 27.3 Å². The Morgan fingerprint density at radius 1 is 1.15 bits per heavy atom. The molecule has 174 valence electrons. The van der Waals surface area contributed by atoms with E-state index in [1.165, 1.54) is 0 Å². The van der Waals surface area contributed by atoms with Crippen LogP contribution in [-0.2, 0) is 7.05 Å². The topological polar surface area (TPSA) is 79.1 Å². The van der Waals surface area contributed by atoms with Crippen molar-refractivity contribution in [3.8, 4) is 28.3 Å². The number of nitrogens with zero attached hydrogens (tertiary/aromatic N) is 5. The number of phenols is 1. The van der Waals surface area contributed by atoms with Crippen molar-refractivity contribution in [1.29, 1.82) is 0 Å². The Labute approximate surface area is 193 Å². The minimum absolute atomic E-state index is 0.0664. The lowest BCUT2D eigenvalue weighted by Gasteiger charge is -2.56. The molecule has 0 aliphatic carbocycles. The van der Waals surface area contributed by atoms with E-state index >= 15 is 4.39 Å². The van der Waals surface area contributed by atoms with Crippen LogP contribution in [0.25, 0.3) is 22.5 Å². The fourth-order valence-electron chi connectivity index (χ4n) is 5.63. The first kappa shape index (κ1) is 21.8. The summed E-state index contributed by atoms with van der Waals surface area (Å²) in [5.41, 5.74) is 2.19. The molecule has 33 heavy (non-hydrogen) atoms. The molecule has 0 spiro atoms. The average molecular weight is 451 g/mol. The van der Waals surface area contributed by atoms with Crippen molar-refractivity contribution in [2.24, 2.45) is 7.05 Å². The quantitative estimate of drug-likeness (QED) is 0.623. The predicted molar refractivity (Wildman–Crippen MR) is 127 cm³/mol. The summed E-state index contributed by atoms with van der Waals surface area (Å²) in [6.07, 6.45) is 7.83. The normalized spacial score (nSPS) is 29.1. The Kier molecular flexibility index (Phi) is 5.16. The Balaban J connectivity index is 1.37. The van der Waals surface area contributed by atoms with Gasteiger partial charge in [-0.3, -0.25) is 9.67 Å². The number of piperidine rings is 2. The predicted octanol–water partition coefficient (Wildman–Crippen LogP) is 4.09. The molecule has 0 radical (unpaired) electrons. The maximum atomic E-state index is 15.6. The molecule has 5 rings (SSSR count). The second-order valence-corrected chi connectivity index (χ2v) is 10.1. The van der Waals surface area contributed by atoms with E-state index in [-0.39, 0.29) is 17.3 Å². The van der Waals surface area contributed by atoms with Crippen LogP contribution in [-0.4, -0.2) is 55.2 Å². The standard InChI is InChI=1S/C25H31FN6O/c1-24-9-5-10-25(2,30-24)23(26)20(13-24)32(4)22-15-27-19(14-28-22)17-7-6-16(12-21(17)33)18-8-11-31(3)29-18/h6-8,11-12,14-15,20,23,30,33H,5,9-10,13H2,1-4H3/t20-,23-,24-,25+/m0/s1. The van der Waals surface area contributed by atoms with Crippen LogP contribution in [0.3, 0.4) is 0 Å². The molecule has 3 aromatic rings. The molecule has 4 atom stereocenters. The lowest BCUT2D eigenvalue weighted by molar-refractivity contribution is 0.00197. The van der Waals surface area contributed by atoms with Gasteiger partial charge in [0.05, 0.1) is 29.8 Å². The molecule has 2 aliphatic rings. The van der Waals surface area contributed by atoms with Crippen LogP contribution in [0.5, 0.6) is 5.75 Å². The van der Waals surface area contributed by atoms with Crippen molar-refractivity contribution in [3.05, 3.63) is 42.9 Å². The van der Waals surface area contributed by atoms with Crippen molar-refractivity contribution in [1.82, 2.24) is 25.1 Å². The summed E-state index contributed by atoms with van der Waals surface area (Å²) in [7, 11) is 3.75. The molecule has 2 N–H and O–H groups in total. The molecular formula is C25H31FN6O. The Morgan fingerprint density at radius 3 is 2.64 bits per heavy atom. The summed E-state index contributed by atoms with van der Waals surface area (Å²) >= 11 is 0. The van der Waals surface area contributed by atoms with Crippen molar-refractivity contribution in [3.63, 3.8) is 0 Å². The van der Waals surface area contributed by atoms with Crippen molar-refractivity contribution < 1.29 is 9.50 Å². The van der Waals surface area contributed by atoms with Crippen molar-refractivity contribution in [2.75, 3.05) is 11.9 Å². The number of aromatic nitrogens is 4. The van der Waals surface area contributed by atoms with Crippen LogP contribution in [0.4, 0.5) is 10.2 Å². The van der Waals surface area contributed by atoms with E-state index < -0.39 is 11.7 Å². The summed E-state index contributed by atoms with van der Waals surface area (Å²) in [4.78, 5) is 11.0. The van der Waals surface area contributed by atoms with Gasteiger partial charge in [-0.2, -0.15) is 5.10 Å². The number of fused-ring (bicyclic) bond motifs is 2. The van der Waals surface area contributed by atoms with Gasteiger partial charge in [0.15, 0.2) is 0 Å². The molecule has 4 heterocycles. The Hall–Kier alpha value is -3.00. The van der Waals surface area contributed by atoms with E-state index in [1.54, 1.807) is 23.1 Å². The van der Waals surface area contributed by atoms with Crippen molar-refractivity contribution >= 4 is 5.82 Å². The third-order valence-electron chi connectivity index (χ3n) is 7.40. The molecule has 2 saturated heterocycles. The Bertz CT molecular complexity index is 1160. The number of rotatable bonds is 4. The summed E-state index contributed by atoms with van der Waals surface area (Å²) in [5.74, 6) is 0.743. The maximum Gasteiger partial charge on any atom is 0.147 e. The highest BCUT2D eigenvalue weighted by molar-refractivity contribution is 5.72. The van der Waals surface area contributed by atoms with E-state index in [0.717, 1.165) is 36.9 Å². The number of hydrogen-bond donors (Lipinski definition) is 2. The number of anilines is 1. The van der Waals surface area contributed by atoms with Crippen molar-refractivity contribution in [2.45, 2.75) is 62.8 Å². The zero-order chi connectivity index (χ0) is 23.4. The number of aryl methyl sites for hydroxylation is 1. The molecule has 8 heteroatoms. The van der Waals surface area contributed by atoms with Crippen LogP contribution >= 0.6 is 0 Å². The van der Waals surface area contributed by atoms with E-state index in [0.29, 0.717) is 17.1 Å². The highest BCUT2D eigenvalue weighted by Gasteiger charge is 2.53. The third kappa shape index (κ3) is 3.86. The fraction of sp³-hybridized carbons (Fsp3) is 0.480. The van der Waals surface area contributed by atoms with E-state index in [4.69, 9.17) is 0 Å². The molecule has 7 nitrogen and oxygen atoms in total. The second-order valence-electron chi connectivity index (χ2n) is 10.1. The average Bonchev–Trinajstić information content (AvgIpc) is 3.22. The van der Waals surface area contributed by atoms with Gasteiger partial charge >= 0.3 is 0 Å². The number of benzene rings is 1. The van der Waals surface area contributed by atoms with Gasteiger partial charge in [0.25, 0.3) is 0 Å². The summed E-state index contributed by atoms with van der Waals surface area (Å²) in [6, 6.07) is 7.03. The molecule has 2 aliphatic heterocycles. The smallest absolute Gasteiger partial charge is 0.147 e. The molecule has 0 amide bonds. The fourth-order valence-corrected chi connectivity index (χ4v) is 5.63. The second kappa shape index (κ2) is 7.80. The number of phenolic OH excluding ortho intramolecular Hbond substituents is 1. The van der Waals surface area contributed by atoms with Gasteiger partial charge in [0, 0.05) is 42.5 Å². The Morgan fingerprint density at radius 2 is 1.97 bits per heavy atom. The molecule has 2 bridgehead atoms. The lowest BCUT2D eigenvalue weighted by atomic mass is 9.68. The minimum Gasteiger partial charge on any atom is -0.507 e. The van der Waals surface area contributed by atoms with Gasteiger partial charge in [0.1, 0.15) is 17.7 Å². The van der Waals surface area contributed by atoms with Crippen LogP contribution < -0.4 is 10.2 Å². The van der Waals surface area contributed by atoms with Gasteiger partial charge in [-0.1, -0.05) is 6.07 Å². The summed E-state index contributed by atoms with van der Waals surface area (Å²) in [5, 5.41) is 18.6. The first-order valence-corrected chi connectivity index (χ1v) is 11.5. The highest BCUT2D eigenvalue weighted by atomic mass is 19.1. The maximum absolute atomic E-state index is 15.6. The largest absolute Gasteiger partial charge is 0.507 e. The molecule has 2 fully saturated rings. The van der Waals surface area contributed by atoms with Gasteiger partial charge in [0.2, 0.25) is 0 Å². The zero-order valence-electron chi connectivity index (χ0n) is 19.6. The minimum atomic E-state index is -1.000. The molecule has 2 aromatic heterocycles. The molecule has 0 unspecified atom stereocenters. The van der Waals surface area contributed by atoms with Crippen LogP contribution in [0.1, 0.15) is 39.5 Å².